The number of hydrogen-bond donors (Lipinski definition) is 3. The number of aliphatic hydroxyl groups excluding tert-OH is 1. The maximum absolute atomic E-state index is 9.13. The first kappa shape index (κ1) is 9.30. The standard InChI is InChI=1S/C10H14N2O2/c11-7-3-6(5-13)10-8(4-7)9(12)1-2-14-10/h3-4,9,13H,1-2,5,11-12H2/t9-/m1/s1. The van der Waals surface area contributed by atoms with Gasteiger partial charge in [0, 0.05) is 29.3 Å². The second-order valence-electron chi connectivity index (χ2n) is 3.50. The molecule has 1 atom stereocenters. The molecule has 14 heavy (non-hydrogen) atoms. The predicted octanol–water partition coefficient (Wildman–Crippen LogP) is 0.543. The first-order valence-electron chi connectivity index (χ1n) is 4.64. The first-order chi connectivity index (χ1) is 6.72. The van der Waals surface area contributed by atoms with Crippen molar-refractivity contribution >= 4 is 5.69 Å². The number of nitrogens with two attached hydrogens (primary N) is 2. The van der Waals surface area contributed by atoms with E-state index in [-0.39, 0.29) is 12.6 Å². The molecule has 0 amide bonds. The summed E-state index contributed by atoms with van der Waals surface area (Å²) in [5, 5.41) is 9.13. The van der Waals surface area contributed by atoms with Crippen LogP contribution in [0.5, 0.6) is 5.75 Å². The number of nitrogen functional groups attached to an aromatic ring is 1. The molecule has 1 heterocycles. The smallest absolute Gasteiger partial charge is 0.129 e. The van der Waals surface area contributed by atoms with Crippen LogP contribution in [-0.4, -0.2) is 11.7 Å². The molecule has 0 fully saturated rings. The van der Waals surface area contributed by atoms with Gasteiger partial charge in [-0.2, -0.15) is 0 Å². The number of ether oxygens (including phenoxy) is 1. The van der Waals surface area contributed by atoms with Crippen molar-refractivity contribution in [2.24, 2.45) is 5.73 Å². The van der Waals surface area contributed by atoms with E-state index in [9.17, 15) is 0 Å². The molecule has 2 rings (SSSR count). The molecular formula is C10H14N2O2. The molecule has 1 aromatic carbocycles. The zero-order valence-corrected chi connectivity index (χ0v) is 7.86. The van der Waals surface area contributed by atoms with Crippen molar-refractivity contribution in [2.75, 3.05) is 12.3 Å². The molecule has 4 heteroatoms. The Morgan fingerprint density at radius 2 is 2.29 bits per heavy atom. The molecular weight excluding hydrogens is 180 g/mol. The van der Waals surface area contributed by atoms with Gasteiger partial charge >= 0.3 is 0 Å². The van der Waals surface area contributed by atoms with Crippen molar-refractivity contribution in [3.8, 4) is 5.75 Å². The molecule has 0 radical (unpaired) electrons. The highest BCUT2D eigenvalue weighted by molar-refractivity contribution is 5.54. The fraction of sp³-hybridized carbons (Fsp3) is 0.400. The van der Waals surface area contributed by atoms with E-state index in [0.29, 0.717) is 18.0 Å². The summed E-state index contributed by atoms with van der Waals surface area (Å²) in [6.07, 6.45) is 0.793. The molecule has 76 valence electrons. The minimum Gasteiger partial charge on any atom is -0.493 e. The summed E-state index contributed by atoms with van der Waals surface area (Å²) in [5.74, 6) is 0.709. The van der Waals surface area contributed by atoms with Crippen LogP contribution < -0.4 is 16.2 Å². The van der Waals surface area contributed by atoms with Gasteiger partial charge in [0.15, 0.2) is 0 Å². The van der Waals surface area contributed by atoms with E-state index >= 15 is 0 Å². The molecule has 0 unspecified atom stereocenters. The molecule has 0 bridgehead atoms. The molecule has 0 aromatic heterocycles. The van der Waals surface area contributed by atoms with E-state index < -0.39 is 0 Å². The Bertz CT molecular complexity index is 352. The molecule has 1 aliphatic heterocycles. The zero-order valence-electron chi connectivity index (χ0n) is 7.86. The normalized spacial score (nSPS) is 20.0. The highest BCUT2D eigenvalue weighted by Gasteiger charge is 2.21. The molecule has 0 saturated carbocycles. The van der Waals surface area contributed by atoms with Crippen LogP contribution in [0.25, 0.3) is 0 Å². The average molecular weight is 194 g/mol. The van der Waals surface area contributed by atoms with Gasteiger partial charge in [0.25, 0.3) is 0 Å². The van der Waals surface area contributed by atoms with E-state index in [2.05, 4.69) is 0 Å². The molecule has 0 saturated heterocycles. The van der Waals surface area contributed by atoms with Crippen LogP contribution in [0.2, 0.25) is 0 Å². The van der Waals surface area contributed by atoms with Crippen LogP contribution in [0.3, 0.4) is 0 Å². The maximum atomic E-state index is 9.13. The molecule has 5 N–H and O–H groups in total. The lowest BCUT2D eigenvalue weighted by Gasteiger charge is -2.25. The number of fused-ring (bicyclic) bond motifs is 1. The van der Waals surface area contributed by atoms with E-state index in [4.69, 9.17) is 21.3 Å². The summed E-state index contributed by atoms with van der Waals surface area (Å²) in [6, 6.07) is 3.50. The number of hydrogen-bond acceptors (Lipinski definition) is 4. The maximum Gasteiger partial charge on any atom is 0.129 e. The molecule has 1 aromatic rings. The lowest BCUT2D eigenvalue weighted by atomic mass is 9.98. The van der Waals surface area contributed by atoms with Crippen molar-refractivity contribution < 1.29 is 9.84 Å². The van der Waals surface area contributed by atoms with Crippen molar-refractivity contribution in [3.63, 3.8) is 0 Å². The van der Waals surface area contributed by atoms with E-state index in [1.54, 1.807) is 6.07 Å². The van der Waals surface area contributed by atoms with E-state index in [0.717, 1.165) is 17.5 Å². The lowest BCUT2D eigenvalue weighted by Crippen LogP contribution is -2.21. The summed E-state index contributed by atoms with van der Waals surface area (Å²) in [5.41, 5.74) is 13.9. The minimum atomic E-state index is -0.0694. The van der Waals surface area contributed by atoms with Crippen molar-refractivity contribution in [1.29, 1.82) is 0 Å². The predicted molar refractivity (Wildman–Crippen MR) is 53.8 cm³/mol. The Hall–Kier alpha value is -1.26. The highest BCUT2D eigenvalue weighted by atomic mass is 16.5. The second kappa shape index (κ2) is 3.48. The Kier molecular flexibility index (Phi) is 2.31. The van der Waals surface area contributed by atoms with Gasteiger partial charge < -0.3 is 21.3 Å². The Balaban J connectivity index is 2.54. The van der Waals surface area contributed by atoms with Gasteiger partial charge in [-0.25, -0.2) is 0 Å². The Morgan fingerprint density at radius 1 is 1.50 bits per heavy atom. The van der Waals surface area contributed by atoms with Gasteiger partial charge in [0.2, 0.25) is 0 Å². The number of anilines is 1. The van der Waals surface area contributed by atoms with Gasteiger partial charge in [-0.3, -0.25) is 0 Å². The third-order valence-corrected chi connectivity index (χ3v) is 2.46. The van der Waals surface area contributed by atoms with Gasteiger partial charge in [-0.15, -0.1) is 0 Å². The molecule has 0 aliphatic carbocycles. The quantitative estimate of drug-likeness (QED) is 0.570. The summed E-state index contributed by atoms with van der Waals surface area (Å²) >= 11 is 0. The van der Waals surface area contributed by atoms with Crippen LogP contribution in [0.1, 0.15) is 23.6 Å². The third-order valence-electron chi connectivity index (χ3n) is 2.46. The summed E-state index contributed by atoms with van der Waals surface area (Å²) in [6.45, 7) is 0.533. The largest absolute Gasteiger partial charge is 0.493 e. The van der Waals surface area contributed by atoms with Crippen LogP contribution in [0.15, 0.2) is 12.1 Å². The summed E-state index contributed by atoms with van der Waals surface area (Å²) in [4.78, 5) is 0. The summed E-state index contributed by atoms with van der Waals surface area (Å²) in [7, 11) is 0. The van der Waals surface area contributed by atoms with Crippen LogP contribution in [0, 0.1) is 0 Å². The zero-order chi connectivity index (χ0) is 10.1. The van der Waals surface area contributed by atoms with Gasteiger partial charge in [0.05, 0.1) is 13.2 Å². The highest BCUT2D eigenvalue weighted by Crippen LogP contribution is 2.35. The first-order valence-corrected chi connectivity index (χ1v) is 4.64. The molecule has 1 aliphatic rings. The second-order valence-corrected chi connectivity index (χ2v) is 3.50. The minimum absolute atomic E-state index is 0.0347. The van der Waals surface area contributed by atoms with Crippen molar-refractivity contribution in [2.45, 2.75) is 19.1 Å². The Morgan fingerprint density at radius 3 is 3.00 bits per heavy atom. The van der Waals surface area contributed by atoms with Crippen LogP contribution >= 0.6 is 0 Å². The third kappa shape index (κ3) is 1.42. The average Bonchev–Trinajstić information content (AvgIpc) is 2.18. The lowest BCUT2D eigenvalue weighted by molar-refractivity contribution is 0.242. The number of aliphatic hydroxyl groups is 1. The fourth-order valence-corrected chi connectivity index (χ4v) is 1.75. The number of benzene rings is 1. The Labute approximate surface area is 82.5 Å². The van der Waals surface area contributed by atoms with Crippen LogP contribution in [-0.2, 0) is 6.61 Å². The van der Waals surface area contributed by atoms with Crippen molar-refractivity contribution in [3.05, 3.63) is 23.3 Å². The topological polar surface area (TPSA) is 81.5 Å². The van der Waals surface area contributed by atoms with Crippen LogP contribution in [0.4, 0.5) is 5.69 Å². The van der Waals surface area contributed by atoms with Gasteiger partial charge in [0.1, 0.15) is 5.75 Å². The van der Waals surface area contributed by atoms with E-state index in [1.165, 1.54) is 0 Å². The van der Waals surface area contributed by atoms with Gasteiger partial charge in [-0.1, -0.05) is 0 Å². The van der Waals surface area contributed by atoms with Gasteiger partial charge in [-0.05, 0) is 12.1 Å². The molecule has 4 nitrogen and oxygen atoms in total. The van der Waals surface area contributed by atoms with E-state index in [1.807, 2.05) is 6.07 Å². The number of rotatable bonds is 1. The van der Waals surface area contributed by atoms with Crippen molar-refractivity contribution in [1.82, 2.24) is 0 Å². The molecule has 0 spiro atoms. The SMILES string of the molecule is Nc1cc(CO)c2c(c1)[C@H](N)CCO2. The fourth-order valence-electron chi connectivity index (χ4n) is 1.75. The summed E-state index contributed by atoms with van der Waals surface area (Å²) < 4.78 is 5.48. The monoisotopic (exact) mass is 194 g/mol.